The molecule has 120 valence electrons. The molecule has 1 aliphatic heterocycles. The van der Waals surface area contributed by atoms with Crippen molar-refractivity contribution >= 4 is 5.91 Å². The summed E-state index contributed by atoms with van der Waals surface area (Å²) in [5.41, 5.74) is 5.99. The summed E-state index contributed by atoms with van der Waals surface area (Å²) in [5, 5.41) is 3.25. The van der Waals surface area contributed by atoms with Crippen LogP contribution in [-0.4, -0.2) is 25.4 Å². The number of primary amides is 1. The molecular formula is C15H17F3N2O2. The molecule has 4 nitrogen and oxygen atoms in total. The molecule has 1 spiro atoms. The summed E-state index contributed by atoms with van der Waals surface area (Å²) in [5.74, 6) is -0.981. The molecule has 0 atom stereocenters. The minimum atomic E-state index is -4.85. The SMILES string of the molecule is NC(=O)c1ccc(CC2CC3(CNC3)C2)cc1OC(F)(F)F. The molecule has 22 heavy (non-hydrogen) atoms. The van der Waals surface area contributed by atoms with Crippen molar-refractivity contribution in [3.8, 4) is 5.75 Å². The quantitative estimate of drug-likeness (QED) is 0.896. The fourth-order valence-electron chi connectivity index (χ4n) is 3.52. The zero-order valence-electron chi connectivity index (χ0n) is 11.9. The van der Waals surface area contributed by atoms with Crippen molar-refractivity contribution in [2.75, 3.05) is 13.1 Å². The molecule has 7 heteroatoms. The van der Waals surface area contributed by atoms with Crippen LogP contribution >= 0.6 is 0 Å². The highest BCUT2D eigenvalue weighted by Crippen LogP contribution is 2.49. The zero-order valence-corrected chi connectivity index (χ0v) is 11.9. The number of ether oxygens (including phenoxy) is 1. The lowest BCUT2D eigenvalue weighted by Crippen LogP contribution is -2.60. The first-order valence-electron chi connectivity index (χ1n) is 7.16. The average Bonchev–Trinajstić information content (AvgIpc) is 2.28. The van der Waals surface area contributed by atoms with Crippen LogP contribution in [0, 0.1) is 11.3 Å². The number of nitrogens with one attached hydrogen (secondary N) is 1. The first-order valence-corrected chi connectivity index (χ1v) is 7.16. The fraction of sp³-hybridized carbons (Fsp3) is 0.533. The third kappa shape index (κ3) is 3.04. The summed E-state index contributed by atoms with van der Waals surface area (Å²) in [6.45, 7) is 2.07. The highest BCUT2D eigenvalue weighted by atomic mass is 19.4. The number of rotatable bonds is 4. The summed E-state index contributed by atoms with van der Waals surface area (Å²) in [6.07, 6.45) is -1.98. The van der Waals surface area contributed by atoms with Crippen LogP contribution < -0.4 is 15.8 Å². The van der Waals surface area contributed by atoms with Crippen LogP contribution in [0.5, 0.6) is 5.75 Å². The Morgan fingerprint density at radius 1 is 1.36 bits per heavy atom. The van der Waals surface area contributed by atoms with Crippen LogP contribution in [0.2, 0.25) is 0 Å². The Bertz CT molecular complexity index is 589. The minimum absolute atomic E-state index is 0.255. The fourth-order valence-corrected chi connectivity index (χ4v) is 3.52. The van der Waals surface area contributed by atoms with Crippen LogP contribution in [0.4, 0.5) is 13.2 Å². The van der Waals surface area contributed by atoms with Gasteiger partial charge in [0.05, 0.1) is 5.56 Å². The van der Waals surface area contributed by atoms with E-state index < -0.39 is 18.0 Å². The number of hydrogen-bond donors (Lipinski definition) is 2. The Morgan fingerprint density at radius 2 is 2.05 bits per heavy atom. The number of nitrogens with two attached hydrogens (primary N) is 1. The largest absolute Gasteiger partial charge is 0.573 e. The Balaban J connectivity index is 1.72. The molecule has 0 unspecified atom stereocenters. The van der Waals surface area contributed by atoms with Gasteiger partial charge in [-0.1, -0.05) is 6.07 Å². The maximum Gasteiger partial charge on any atom is 0.573 e. The molecule has 2 fully saturated rings. The highest BCUT2D eigenvalue weighted by molar-refractivity contribution is 5.95. The number of hydrogen-bond acceptors (Lipinski definition) is 3. The van der Waals surface area contributed by atoms with Gasteiger partial charge >= 0.3 is 6.36 Å². The van der Waals surface area contributed by atoms with Crippen molar-refractivity contribution in [3.63, 3.8) is 0 Å². The second-order valence-corrected chi connectivity index (χ2v) is 6.32. The molecule has 3 rings (SSSR count). The molecule has 0 radical (unpaired) electrons. The molecule has 0 aromatic heterocycles. The second-order valence-electron chi connectivity index (χ2n) is 6.32. The maximum absolute atomic E-state index is 12.4. The van der Waals surface area contributed by atoms with E-state index in [4.69, 9.17) is 5.73 Å². The van der Waals surface area contributed by atoms with Gasteiger partial charge in [0.2, 0.25) is 0 Å². The van der Waals surface area contributed by atoms with Crippen LogP contribution in [0.3, 0.4) is 0 Å². The van der Waals surface area contributed by atoms with E-state index in [9.17, 15) is 18.0 Å². The monoisotopic (exact) mass is 314 g/mol. The normalized spacial score (nSPS) is 20.3. The Kier molecular flexibility index (Phi) is 3.55. The number of benzene rings is 1. The second kappa shape index (κ2) is 5.15. The number of amides is 1. The van der Waals surface area contributed by atoms with Crippen molar-refractivity contribution in [2.45, 2.75) is 25.6 Å². The van der Waals surface area contributed by atoms with E-state index in [2.05, 4.69) is 10.1 Å². The van der Waals surface area contributed by atoms with E-state index in [1.807, 2.05) is 0 Å². The van der Waals surface area contributed by atoms with Gasteiger partial charge in [0, 0.05) is 13.1 Å². The van der Waals surface area contributed by atoms with Gasteiger partial charge in [0.15, 0.2) is 0 Å². The van der Waals surface area contributed by atoms with Crippen molar-refractivity contribution in [2.24, 2.45) is 17.1 Å². The first-order chi connectivity index (χ1) is 10.3. The summed E-state index contributed by atoms with van der Waals surface area (Å²) in [4.78, 5) is 11.2. The van der Waals surface area contributed by atoms with Gasteiger partial charge in [-0.15, -0.1) is 13.2 Å². The van der Waals surface area contributed by atoms with Crippen molar-refractivity contribution < 1.29 is 22.7 Å². The molecule has 1 heterocycles. The van der Waals surface area contributed by atoms with E-state index in [0.29, 0.717) is 17.8 Å². The molecule has 1 saturated heterocycles. The minimum Gasteiger partial charge on any atom is -0.405 e. The van der Waals surface area contributed by atoms with Gasteiger partial charge in [-0.2, -0.15) is 0 Å². The van der Waals surface area contributed by atoms with E-state index in [1.54, 1.807) is 6.07 Å². The van der Waals surface area contributed by atoms with Gasteiger partial charge in [-0.3, -0.25) is 4.79 Å². The molecule has 1 aromatic carbocycles. The smallest absolute Gasteiger partial charge is 0.405 e. The van der Waals surface area contributed by atoms with Gasteiger partial charge in [-0.05, 0) is 48.3 Å². The van der Waals surface area contributed by atoms with Crippen molar-refractivity contribution in [3.05, 3.63) is 29.3 Å². The standard InChI is InChI=1S/C15H17F3N2O2/c16-15(17,18)22-12-4-9(1-2-11(12)13(19)21)3-10-5-14(6-10)7-20-8-14/h1-2,4,10,20H,3,5-8H2,(H2,19,21). The lowest BCUT2D eigenvalue weighted by molar-refractivity contribution is -0.274. The predicted molar refractivity (Wildman–Crippen MR) is 73.4 cm³/mol. The number of alkyl halides is 3. The lowest BCUT2D eigenvalue weighted by Gasteiger charge is -2.54. The van der Waals surface area contributed by atoms with Crippen molar-refractivity contribution in [1.29, 1.82) is 0 Å². The summed E-state index contributed by atoms with van der Waals surface area (Å²) < 4.78 is 41.2. The lowest BCUT2D eigenvalue weighted by atomic mass is 9.57. The summed E-state index contributed by atoms with van der Waals surface area (Å²) in [6, 6.07) is 4.23. The molecule has 2 aliphatic rings. The predicted octanol–water partition coefficient (Wildman–Crippen LogP) is 2.23. The molecule has 3 N–H and O–H groups in total. The van der Waals surface area contributed by atoms with Crippen LogP contribution in [0.25, 0.3) is 0 Å². The van der Waals surface area contributed by atoms with E-state index in [1.165, 1.54) is 12.1 Å². The summed E-state index contributed by atoms with van der Waals surface area (Å²) >= 11 is 0. The van der Waals surface area contributed by atoms with Gasteiger partial charge < -0.3 is 15.8 Å². The molecule has 1 aromatic rings. The third-order valence-corrected chi connectivity index (χ3v) is 4.50. The molecule has 0 bridgehead atoms. The molecule has 1 aliphatic carbocycles. The average molecular weight is 314 g/mol. The summed E-state index contributed by atoms with van der Waals surface area (Å²) in [7, 11) is 0. The number of halogens is 3. The van der Waals surface area contributed by atoms with Crippen LogP contribution in [0.15, 0.2) is 18.2 Å². The van der Waals surface area contributed by atoms with E-state index >= 15 is 0 Å². The third-order valence-electron chi connectivity index (χ3n) is 4.50. The maximum atomic E-state index is 12.4. The molecular weight excluding hydrogens is 297 g/mol. The van der Waals surface area contributed by atoms with E-state index in [0.717, 1.165) is 31.5 Å². The zero-order chi connectivity index (χ0) is 16.0. The Hall–Kier alpha value is -1.76. The Morgan fingerprint density at radius 3 is 2.55 bits per heavy atom. The van der Waals surface area contributed by atoms with Crippen LogP contribution in [-0.2, 0) is 6.42 Å². The highest BCUT2D eigenvalue weighted by Gasteiger charge is 2.47. The molecule has 1 amide bonds. The number of carbonyl (C=O) groups excluding carboxylic acids is 1. The Labute approximate surface area is 125 Å². The molecule has 1 saturated carbocycles. The van der Waals surface area contributed by atoms with Crippen molar-refractivity contribution in [1.82, 2.24) is 5.32 Å². The van der Waals surface area contributed by atoms with Crippen LogP contribution in [0.1, 0.15) is 28.8 Å². The topological polar surface area (TPSA) is 64.4 Å². The van der Waals surface area contributed by atoms with E-state index in [-0.39, 0.29) is 5.56 Å². The van der Waals surface area contributed by atoms with Gasteiger partial charge in [-0.25, -0.2) is 0 Å². The van der Waals surface area contributed by atoms with Gasteiger partial charge in [0.25, 0.3) is 5.91 Å². The van der Waals surface area contributed by atoms with Gasteiger partial charge in [0.1, 0.15) is 5.75 Å². The first kappa shape index (κ1) is 15.1. The number of carbonyl (C=O) groups is 1.